The lowest BCUT2D eigenvalue weighted by atomic mass is 9.74. The van der Waals surface area contributed by atoms with Gasteiger partial charge in [0.05, 0.1) is 12.1 Å². The van der Waals surface area contributed by atoms with E-state index < -0.39 is 24.3 Å². The summed E-state index contributed by atoms with van der Waals surface area (Å²) in [4.78, 5) is 25.7. The Morgan fingerprint density at radius 1 is 1.00 bits per heavy atom. The molecule has 2 amide bonds. The smallest absolute Gasteiger partial charge is 0.429 e. The average molecular weight is 453 g/mol. The molecule has 7 nitrogen and oxygen atoms in total. The van der Waals surface area contributed by atoms with Gasteiger partial charge in [-0.25, -0.2) is 20.0 Å². The van der Waals surface area contributed by atoms with E-state index in [1.54, 1.807) is 0 Å². The number of hydrogen-bond donors (Lipinski definition) is 2. The molecule has 0 heterocycles. The lowest BCUT2D eigenvalue weighted by molar-refractivity contribution is -0.0502. The molecule has 1 aliphatic carbocycles. The second kappa shape index (κ2) is 11.5. The van der Waals surface area contributed by atoms with Crippen molar-refractivity contribution in [3.63, 3.8) is 0 Å². The zero-order valence-electron chi connectivity index (χ0n) is 19.1. The number of carbonyl (C=O) groups is 2. The highest BCUT2D eigenvalue weighted by Gasteiger charge is 2.43. The fourth-order valence-electron chi connectivity index (χ4n) is 4.19. The Kier molecular flexibility index (Phi) is 8.49. The lowest BCUT2D eigenvalue weighted by Gasteiger charge is -2.44. The maximum absolute atomic E-state index is 13.1. The molecule has 0 saturated heterocycles. The Hall–Kier alpha value is -3.32. The number of rotatable bonds is 6. The molecule has 0 bridgehead atoms. The maximum atomic E-state index is 13.1. The van der Waals surface area contributed by atoms with Gasteiger partial charge in [0.1, 0.15) is 13.2 Å². The molecule has 4 atom stereocenters. The van der Waals surface area contributed by atoms with Crippen molar-refractivity contribution in [2.24, 2.45) is 11.8 Å². The quantitative estimate of drug-likeness (QED) is 0.485. The summed E-state index contributed by atoms with van der Waals surface area (Å²) in [7, 11) is 0. The van der Waals surface area contributed by atoms with Crippen molar-refractivity contribution in [2.75, 3.05) is 0 Å². The largest absolute Gasteiger partial charge is 0.443 e. The molecule has 2 aromatic rings. The van der Waals surface area contributed by atoms with Crippen molar-refractivity contribution < 1.29 is 24.2 Å². The second-order valence-corrected chi connectivity index (χ2v) is 8.57. The number of aliphatic hydroxyl groups excluding tert-OH is 1. The molecular formula is C26H32N2O5. The summed E-state index contributed by atoms with van der Waals surface area (Å²) >= 11 is 0. The van der Waals surface area contributed by atoms with Crippen molar-refractivity contribution >= 4 is 12.2 Å². The second-order valence-electron chi connectivity index (χ2n) is 8.57. The van der Waals surface area contributed by atoms with Gasteiger partial charge in [0, 0.05) is 5.92 Å². The number of nitrogens with one attached hydrogen (secondary N) is 1. The Morgan fingerprint density at radius 3 is 2.09 bits per heavy atom. The highest BCUT2D eigenvalue weighted by molar-refractivity contribution is 5.74. The molecule has 7 heteroatoms. The van der Waals surface area contributed by atoms with Crippen LogP contribution < -0.4 is 5.43 Å². The molecule has 0 aliphatic heterocycles. The predicted molar refractivity (Wildman–Crippen MR) is 125 cm³/mol. The van der Waals surface area contributed by atoms with E-state index in [4.69, 9.17) is 9.47 Å². The van der Waals surface area contributed by atoms with Gasteiger partial charge < -0.3 is 14.6 Å². The van der Waals surface area contributed by atoms with E-state index in [0.717, 1.165) is 34.6 Å². The summed E-state index contributed by atoms with van der Waals surface area (Å²) in [6.45, 7) is 7.88. The first kappa shape index (κ1) is 24.3. The fourth-order valence-corrected chi connectivity index (χ4v) is 4.19. The Labute approximate surface area is 195 Å². The molecule has 0 unspecified atom stereocenters. The number of ether oxygens (including phenoxy) is 2. The van der Waals surface area contributed by atoms with Gasteiger partial charge in [-0.2, -0.15) is 0 Å². The van der Waals surface area contributed by atoms with Crippen LogP contribution in [0.2, 0.25) is 0 Å². The standard InChI is InChI=1S/C26H32N2O5/c1-18(2)22-15-14-19(3)23(24(22)29)28(26(31)33-17-21-12-8-5-9-13-21)27-25(30)32-16-20-10-6-4-7-11-20/h4-13,19,22-24,29H,1,14-17H2,2-3H3,(H,27,30)/t19-,22+,23+,24+/m0/s1. The molecule has 1 aliphatic rings. The number of hydrazine groups is 1. The van der Waals surface area contributed by atoms with Gasteiger partial charge in [-0.15, -0.1) is 0 Å². The van der Waals surface area contributed by atoms with Crippen LogP contribution in [-0.2, 0) is 22.7 Å². The van der Waals surface area contributed by atoms with Crippen LogP contribution >= 0.6 is 0 Å². The van der Waals surface area contributed by atoms with Gasteiger partial charge in [0.15, 0.2) is 0 Å². The molecule has 2 aromatic carbocycles. The van der Waals surface area contributed by atoms with E-state index in [1.165, 1.54) is 0 Å². The van der Waals surface area contributed by atoms with E-state index in [2.05, 4.69) is 12.0 Å². The number of benzene rings is 2. The number of aliphatic hydroxyl groups is 1. The molecule has 176 valence electrons. The highest BCUT2D eigenvalue weighted by Crippen LogP contribution is 2.35. The van der Waals surface area contributed by atoms with Crippen molar-refractivity contribution in [3.05, 3.63) is 83.9 Å². The third kappa shape index (κ3) is 6.58. The summed E-state index contributed by atoms with van der Waals surface area (Å²) in [6, 6.07) is 17.8. The van der Waals surface area contributed by atoms with Crippen LogP contribution in [0.15, 0.2) is 72.8 Å². The molecule has 2 N–H and O–H groups in total. The van der Waals surface area contributed by atoms with Gasteiger partial charge >= 0.3 is 12.2 Å². The van der Waals surface area contributed by atoms with E-state index in [-0.39, 0.29) is 25.0 Å². The number of amides is 2. The molecule has 0 aromatic heterocycles. The summed E-state index contributed by atoms with van der Waals surface area (Å²) in [5.41, 5.74) is 4.99. The van der Waals surface area contributed by atoms with Crippen molar-refractivity contribution in [1.29, 1.82) is 0 Å². The molecule has 1 fully saturated rings. The van der Waals surface area contributed by atoms with Crippen LogP contribution in [0, 0.1) is 11.8 Å². The third-order valence-electron chi connectivity index (χ3n) is 6.04. The van der Waals surface area contributed by atoms with Gasteiger partial charge in [-0.3, -0.25) is 0 Å². The van der Waals surface area contributed by atoms with Crippen LogP contribution in [-0.4, -0.2) is 34.4 Å². The van der Waals surface area contributed by atoms with Crippen LogP contribution in [0.3, 0.4) is 0 Å². The number of hydrogen-bond acceptors (Lipinski definition) is 5. The summed E-state index contributed by atoms with van der Waals surface area (Å²) < 4.78 is 10.8. The normalized spacial score (nSPS) is 22.2. The lowest BCUT2D eigenvalue weighted by Crippen LogP contribution is -2.61. The molecule has 0 radical (unpaired) electrons. The summed E-state index contributed by atoms with van der Waals surface area (Å²) in [6.07, 6.45) is -0.923. The monoisotopic (exact) mass is 452 g/mol. The van der Waals surface area contributed by atoms with Crippen LogP contribution in [0.5, 0.6) is 0 Å². The van der Waals surface area contributed by atoms with Crippen molar-refractivity contribution in [1.82, 2.24) is 10.4 Å². The minimum atomic E-state index is -0.898. The van der Waals surface area contributed by atoms with Crippen LogP contribution in [0.1, 0.15) is 37.8 Å². The van der Waals surface area contributed by atoms with Gasteiger partial charge in [0.2, 0.25) is 0 Å². The average Bonchev–Trinajstić information content (AvgIpc) is 2.81. The zero-order chi connectivity index (χ0) is 23.8. The van der Waals surface area contributed by atoms with Crippen LogP contribution in [0.4, 0.5) is 9.59 Å². The first-order valence-electron chi connectivity index (χ1n) is 11.2. The minimum Gasteiger partial charge on any atom is -0.443 e. The maximum Gasteiger partial charge on any atom is 0.429 e. The van der Waals surface area contributed by atoms with Gasteiger partial charge in [0.25, 0.3) is 0 Å². The Bertz CT molecular complexity index is 934. The van der Waals surface area contributed by atoms with Gasteiger partial charge in [-0.1, -0.05) is 79.7 Å². The Morgan fingerprint density at radius 2 is 1.55 bits per heavy atom. The molecular weight excluding hydrogens is 420 g/mol. The van der Waals surface area contributed by atoms with E-state index >= 15 is 0 Å². The van der Waals surface area contributed by atoms with Crippen LogP contribution in [0.25, 0.3) is 0 Å². The zero-order valence-corrected chi connectivity index (χ0v) is 19.1. The van der Waals surface area contributed by atoms with E-state index in [1.807, 2.05) is 74.5 Å². The molecule has 0 spiro atoms. The first-order valence-corrected chi connectivity index (χ1v) is 11.2. The number of nitrogens with zero attached hydrogens (tertiary/aromatic N) is 1. The predicted octanol–water partition coefficient (Wildman–Crippen LogP) is 4.82. The molecule has 33 heavy (non-hydrogen) atoms. The number of carbonyl (C=O) groups excluding carboxylic acids is 2. The summed E-state index contributed by atoms with van der Waals surface area (Å²) in [5, 5.41) is 12.2. The molecule has 1 saturated carbocycles. The van der Waals surface area contributed by atoms with Crippen molar-refractivity contribution in [3.8, 4) is 0 Å². The first-order chi connectivity index (χ1) is 15.9. The SMILES string of the molecule is C=C(C)[C@H]1CC[C@H](C)[C@@H](N(NC(=O)OCc2ccccc2)C(=O)OCc2ccccc2)[C@@H]1O. The van der Waals surface area contributed by atoms with E-state index in [9.17, 15) is 14.7 Å². The molecule has 3 rings (SSSR count). The summed E-state index contributed by atoms with van der Waals surface area (Å²) in [5.74, 6) is -0.257. The topological polar surface area (TPSA) is 88.1 Å². The fraction of sp³-hybridized carbons (Fsp3) is 0.385. The Balaban J connectivity index is 1.74. The van der Waals surface area contributed by atoms with Gasteiger partial charge in [-0.05, 0) is 36.8 Å². The third-order valence-corrected chi connectivity index (χ3v) is 6.04. The minimum absolute atomic E-state index is 0.0397. The van der Waals surface area contributed by atoms with E-state index in [0.29, 0.717) is 0 Å². The highest BCUT2D eigenvalue weighted by atomic mass is 16.6. The van der Waals surface area contributed by atoms with Crippen molar-refractivity contribution in [2.45, 2.75) is 52.0 Å².